The third-order valence-electron chi connectivity index (χ3n) is 6.00. The number of hydrogen-bond donors (Lipinski definition) is 1. The molecule has 0 bridgehead atoms. The number of carbonyl (C=O) groups is 3. The van der Waals surface area contributed by atoms with Crippen LogP contribution in [0.4, 0.5) is 5.69 Å². The van der Waals surface area contributed by atoms with Crippen molar-refractivity contribution < 1.29 is 19.1 Å². The normalized spacial score (nSPS) is 28.5. The third-order valence-corrected chi connectivity index (χ3v) is 6.00. The van der Waals surface area contributed by atoms with E-state index in [1.54, 1.807) is 24.3 Å². The molecule has 0 unspecified atom stereocenters. The number of methoxy groups -OCH3 is 1. The molecule has 4 rings (SSSR count). The third kappa shape index (κ3) is 2.76. The summed E-state index contributed by atoms with van der Waals surface area (Å²) in [6.07, 6.45) is 0.310. The monoisotopic (exact) mass is 393 g/mol. The number of rotatable bonds is 4. The lowest BCUT2D eigenvalue weighted by molar-refractivity contribution is -0.152. The van der Waals surface area contributed by atoms with Crippen LogP contribution in [0.1, 0.15) is 30.8 Å². The number of aryl methyl sites for hydroxylation is 1. The number of hydrogen-bond acceptors (Lipinski definition) is 6. The second kappa shape index (κ2) is 7.08. The van der Waals surface area contributed by atoms with E-state index in [0.29, 0.717) is 17.8 Å². The van der Waals surface area contributed by atoms with Gasteiger partial charge in [0.15, 0.2) is 0 Å². The highest BCUT2D eigenvalue weighted by atomic mass is 16.5. The maximum Gasteiger partial charge on any atom is 0.326 e. The summed E-state index contributed by atoms with van der Waals surface area (Å²) in [6, 6.07) is 13.8. The Morgan fingerprint density at radius 3 is 2.48 bits per heavy atom. The fourth-order valence-corrected chi connectivity index (χ4v) is 4.66. The molecule has 7 nitrogen and oxygen atoms in total. The van der Waals surface area contributed by atoms with Crippen LogP contribution in [-0.2, 0) is 19.1 Å². The number of nitrogens with one attached hydrogen (secondary N) is 1. The van der Waals surface area contributed by atoms with Gasteiger partial charge in [-0.3, -0.25) is 24.7 Å². The highest BCUT2D eigenvalue weighted by molar-refractivity contribution is 6.24. The Hall–Kier alpha value is -3.06. The van der Waals surface area contributed by atoms with Crippen molar-refractivity contribution in [3.8, 4) is 0 Å². The zero-order valence-corrected chi connectivity index (χ0v) is 16.6. The lowest BCUT2D eigenvalue weighted by Crippen LogP contribution is -2.56. The summed E-state index contributed by atoms with van der Waals surface area (Å²) in [5.74, 6) is -2.86. The minimum atomic E-state index is -1.29. The summed E-state index contributed by atoms with van der Waals surface area (Å²) in [5, 5.41) is 3.28. The number of ether oxygens (including phenoxy) is 1. The summed E-state index contributed by atoms with van der Waals surface area (Å²) >= 11 is 0. The summed E-state index contributed by atoms with van der Waals surface area (Å²) in [5.41, 5.74) is 0.647. The molecule has 0 saturated carbocycles. The number of amides is 2. The molecule has 0 aliphatic carbocycles. The molecular formula is C22H23N3O4. The van der Waals surface area contributed by atoms with Crippen molar-refractivity contribution in [1.29, 1.82) is 0 Å². The molecule has 150 valence electrons. The number of carbonyl (C=O) groups excluding carboxylic acids is 3. The van der Waals surface area contributed by atoms with Crippen LogP contribution < -0.4 is 10.2 Å². The molecule has 1 aromatic carbocycles. The minimum Gasteiger partial charge on any atom is -0.468 e. The van der Waals surface area contributed by atoms with Gasteiger partial charge in [0, 0.05) is 5.69 Å². The number of para-hydroxylation sites is 1. The predicted molar refractivity (Wildman–Crippen MR) is 106 cm³/mol. The molecule has 2 aliphatic heterocycles. The zero-order chi connectivity index (χ0) is 20.8. The number of anilines is 1. The largest absolute Gasteiger partial charge is 0.468 e. The van der Waals surface area contributed by atoms with E-state index in [1.165, 1.54) is 12.0 Å². The first-order valence-electron chi connectivity index (χ1n) is 9.67. The topological polar surface area (TPSA) is 88.6 Å². The van der Waals surface area contributed by atoms with Gasteiger partial charge in [0.1, 0.15) is 5.54 Å². The number of fused-ring (bicyclic) bond motifs is 1. The van der Waals surface area contributed by atoms with Crippen molar-refractivity contribution in [3.05, 3.63) is 59.9 Å². The van der Waals surface area contributed by atoms with Crippen molar-refractivity contribution in [2.45, 2.75) is 31.8 Å². The van der Waals surface area contributed by atoms with Gasteiger partial charge in [0.25, 0.3) is 0 Å². The lowest BCUT2D eigenvalue weighted by Gasteiger charge is -2.31. The Bertz CT molecular complexity index is 977. The summed E-state index contributed by atoms with van der Waals surface area (Å²) < 4.78 is 5.07. The van der Waals surface area contributed by atoms with Crippen LogP contribution in [0.5, 0.6) is 0 Å². The number of imide groups is 1. The average molecular weight is 393 g/mol. The second-order valence-corrected chi connectivity index (χ2v) is 7.49. The molecule has 1 aromatic heterocycles. The van der Waals surface area contributed by atoms with E-state index < -0.39 is 29.4 Å². The number of esters is 1. The fourth-order valence-electron chi connectivity index (χ4n) is 4.66. The molecule has 2 aliphatic rings. The zero-order valence-electron chi connectivity index (χ0n) is 16.6. The first-order valence-corrected chi connectivity index (χ1v) is 9.67. The van der Waals surface area contributed by atoms with Crippen molar-refractivity contribution >= 4 is 23.5 Å². The quantitative estimate of drug-likeness (QED) is 0.633. The van der Waals surface area contributed by atoms with E-state index >= 15 is 0 Å². The number of aromatic nitrogens is 1. The highest BCUT2D eigenvalue weighted by Gasteiger charge is 2.68. The minimum absolute atomic E-state index is 0.310. The second-order valence-electron chi connectivity index (χ2n) is 7.49. The Morgan fingerprint density at radius 1 is 1.14 bits per heavy atom. The van der Waals surface area contributed by atoms with Gasteiger partial charge < -0.3 is 4.74 Å². The van der Waals surface area contributed by atoms with Crippen LogP contribution >= 0.6 is 0 Å². The van der Waals surface area contributed by atoms with Crippen LogP contribution in [0.2, 0.25) is 0 Å². The molecule has 1 N–H and O–H groups in total. The molecular weight excluding hydrogens is 370 g/mol. The highest BCUT2D eigenvalue weighted by Crippen LogP contribution is 2.50. The van der Waals surface area contributed by atoms with Gasteiger partial charge in [-0.15, -0.1) is 0 Å². The lowest BCUT2D eigenvalue weighted by atomic mass is 9.78. The van der Waals surface area contributed by atoms with Gasteiger partial charge >= 0.3 is 5.97 Å². The molecule has 2 fully saturated rings. The number of nitrogens with zero attached hydrogens (tertiary/aromatic N) is 2. The molecule has 4 atom stereocenters. The maximum absolute atomic E-state index is 13.5. The van der Waals surface area contributed by atoms with Crippen LogP contribution in [0.25, 0.3) is 0 Å². The summed E-state index contributed by atoms with van der Waals surface area (Å²) in [7, 11) is 1.30. The Labute approximate surface area is 169 Å². The van der Waals surface area contributed by atoms with E-state index in [9.17, 15) is 14.4 Å². The molecule has 29 heavy (non-hydrogen) atoms. The van der Waals surface area contributed by atoms with Crippen LogP contribution in [0.15, 0.2) is 48.5 Å². The SMILES string of the molecule is CC[C@@]1(C(=O)OC)N[C@H](c2cccc(C)n2)[C@@H]2C(=O)N(c3ccccc3)C(=O)[C@@H]21. The molecule has 2 aromatic rings. The van der Waals surface area contributed by atoms with Gasteiger partial charge in [0.05, 0.1) is 36.4 Å². The first kappa shape index (κ1) is 19.3. The van der Waals surface area contributed by atoms with Gasteiger partial charge in [-0.1, -0.05) is 31.2 Å². The van der Waals surface area contributed by atoms with Crippen molar-refractivity contribution in [2.75, 3.05) is 12.0 Å². The fraction of sp³-hybridized carbons (Fsp3) is 0.364. The molecule has 2 saturated heterocycles. The van der Waals surface area contributed by atoms with Crippen molar-refractivity contribution in [3.63, 3.8) is 0 Å². The standard InChI is InChI=1S/C22H23N3O4/c1-4-22(21(28)29-3)17-16(18(24-22)15-12-8-9-13(2)23-15)19(26)25(20(17)27)14-10-6-5-7-11-14/h5-12,16-18,24H,4H2,1-3H3/t16-,17-,18-,22-/m1/s1. The number of benzene rings is 1. The molecule has 7 heteroatoms. The Balaban J connectivity index is 1.87. The van der Waals surface area contributed by atoms with E-state index in [0.717, 1.165) is 5.69 Å². The molecule has 0 spiro atoms. The van der Waals surface area contributed by atoms with E-state index in [-0.39, 0.29) is 11.8 Å². The maximum atomic E-state index is 13.5. The van der Waals surface area contributed by atoms with E-state index in [1.807, 2.05) is 38.1 Å². The molecule has 2 amide bonds. The van der Waals surface area contributed by atoms with Crippen LogP contribution in [0, 0.1) is 18.8 Å². The molecule has 3 heterocycles. The number of pyridine rings is 1. The Morgan fingerprint density at radius 2 is 1.86 bits per heavy atom. The van der Waals surface area contributed by atoms with E-state index in [4.69, 9.17) is 4.74 Å². The van der Waals surface area contributed by atoms with Gasteiger partial charge in [-0.25, -0.2) is 4.90 Å². The van der Waals surface area contributed by atoms with Gasteiger partial charge in [-0.2, -0.15) is 0 Å². The van der Waals surface area contributed by atoms with Gasteiger partial charge in [0.2, 0.25) is 11.8 Å². The van der Waals surface area contributed by atoms with E-state index in [2.05, 4.69) is 10.3 Å². The molecule has 0 radical (unpaired) electrons. The van der Waals surface area contributed by atoms with Crippen molar-refractivity contribution in [2.24, 2.45) is 11.8 Å². The van der Waals surface area contributed by atoms with Crippen LogP contribution in [0.3, 0.4) is 0 Å². The summed E-state index contributed by atoms with van der Waals surface area (Å²) in [6.45, 7) is 3.68. The van der Waals surface area contributed by atoms with Gasteiger partial charge in [-0.05, 0) is 37.6 Å². The summed E-state index contributed by atoms with van der Waals surface area (Å²) in [4.78, 5) is 45.6. The van der Waals surface area contributed by atoms with Crippen LogP contribution in [-0.4, -0.2) is 35.4 Å². The first-order chi connectivity index (χ1) is 13.9. The Kier molecular flexibility index (Phi) is 4.70. The predicted octanol–water partition coefficient (Wildman–Crippen LogP) is 2.16. The smallest absolute Gasteiger partial charge is 0.326 e. The average Bonchev–Trinajstić information content (AvgIpc) is 3.22. The van der Waals surface area contributed by atoms with Crippen molar-refractivity contribution in [1.82, 2.24) is 10.3 Å².